The van der Waals surface area contributed by atoms with Gasteiger partial charge >= 0.3 is 0 Å². The summed E-state index contributed by atoms with van der Waals surface area (Å²) in [6, 6.07) is 0.719. The first-order valence-electron chi connectivity index (χ1n) is 7.92. The third-order valence-corrected chi connectivity index (χ3v) is 4.57. The molecule has 0 aromatic heterocycles. The molecule has 3 nitrogen and oxygen atoms in total. The maximum atomic E-state index is 8.98. The van der Waals surface area contributed by atoms with Crippen LogP contribution in [0.25, 0.3) is 0 Å². The minimum Gasteiger partial charge on any atom is -0.411 e. The van der Waals surface area contributed by atoms with Crippen molar-refractivity contribution in [2.45, 2.75) is 71.3 Å². The molecule has 0 aromatic rings. The summed E-state index contributed by atoms with van der Waals surface area (Å²) in [7, 11) is 0. The molecular formula is C16H28N2O. The summed E-state index contributed by atoms with van der Waals surface area (Å²) < 4.78 is 0. The van der Waals surface area contributed by atoms with E-state index in [4.69, 9.17) is 5.21 Å². The molecule has 0 saturated heterocycles. The zero-order chi connectivity index (χ0) is 13.7. The van der Waals surface area contributed by atoms with E-state index in [0.717, 1.165) is 31.0 Å². The van der Waals surface area contributed by atoms with Crippen molar-refractivity contribution in [2.24, 2.45) is 5.16 Å². The summed E-state index contributed by atoms with van der Waals surface area (Å²) in [5.41, 5.74) is 4.22. The summed E-state index contributed by atoms with van der Waals surface area (Å²) >= 11 is 0. The van der Waals surface area contributed by atoms with Crippen molar-refractivity contribution in [1.29, 1.82) is 0 Å². The van der Waals surface area contributed by atoms with E-state index in [-0.39, 0.29) is 0 Å². The van der Waals surface area contributed by atoms with Gasteiger partial charge in [0.05, 0.1) is 5.71 Å². The number of allylic oxidation sites excluding steroid dienone is 1. The van der Waals surface area contributed by atoms with E-state index >= 15 is 0 Å². The largest absolute Gasteiger partial charge is 0.411 e. The molecule has 0 amide bonds. The Morgan fingerprint density at radius 3 is 2.47 bits per heavy atom. The molecule has 0 aromatic carbocycles. The van der Waals surface area contributed by atoms with Gasteiger partial charge in [0.2, 0.25) is 0 Å². The number of oxime groups is 1. The zero-order valence-corrected chi connectivity index (χ0v) is 12.5. The minimum atomic E-state index is 0.719. The second-order valence-corrected chi connectivity index (χ2v) is 5.98. The van der Waals surface area contributed by atoms with Crippen LogP contribution in [0.3, 0.4) is 0 Å². The predicted molar refractivity (Wildman–Crippen MR) is 79.9 cm³/mol. The molecule has 0 spiro atoms. The van der Waals surface area contributed by atoms with Gasteiger partial charge in [0.25, 0.3) is 0 Å². The van der Waals surface area contributed by atoms with Gasteiger partial charge in [-0.3, -0.25) is 0 Å². The first-order valence-corrected chi connectivity index (χ1v) is 7.92. The van der Waals surface area contributed by atoms with Crippen LogP contribution in [0.15, 0.2) is 16.3 Å². The standard InChI is InChI=1S/C16H28N2O/c1-3-9-18(10-4-2)16-8-6-13-5-7-15(17-19)11-14(13)12-16/h16,19H,3-12H2,1-2H3/b17-15+/t16-/m0/s1. The maximum Gasteiger partial charge on any atom is 0.0614 e. The van der Waals surface area contributed by atoms with Crippen molar-refractivity contribution in [1.82, 2.24) is 4.90 Å². The fourth-order valence-electron chi connectivity index (χ4n) is 3.63. The molecule has 0 heterocycles. The Morgan fingerprint density at radius 1 is 1.11 bits per heavy atom. The molecule has 1 N–H and O–H groups in total. The van der Waals surface area contributed by atoms with Crippen molar-refractivity contribution < 1.29 is 5.21 Å². The van der Waals surface area contributed by atoms with Gasteiger partial charge in [-0.2, -0.15) is 0 Å². The van der Waals surface area contributed by atoms with E-state index in [0.29, 0.717) is 0 Å². The number of hydrogen-bond donors (Lipinski definition) is 1. The lowest BCUT2D eigenvalue weighted by molar-refractivity contribution is 0.178. The van der Waals surface area contributed by atoms with Gasteiger partial charge in [0, 0.05) is 12.5 Å². The van der Waals surface area contributed by atoms with Crippen LogP contribution < -0.4 is 0 Å². The number of rotatable bonds is 5. The highest BCUT2D eigenvalue weighted by Crippen LogP contribution is 2.36. The molecule has 108 valence electrons. The van der Waals surface area contributed by atoms with Crippen LogP contribution >= 0.6 is 0 Å². The highest BCUT2D eigenvalue weighted by molar-refractivity contribution is 5.87. The van der Waals surface area contributed by atoms with Crippen LogP contribution in [-0.2, 0) is 0 Å². The topological polar surface area (TPSA) is 35.8 Å². The van der Waals surface area contributed by atoms with Crippen LogP contribution in [-0.4, -0.2) is 35.0 Å². The second-order valence-electron chi connectivity index (χ2n) is 5.98. The van der Waals surface area contributed by atoms with Crippen LogP contribution in [0.2, 0.25) is 0 Å². The molecule has 2 rings (SSSR count). The Balaban J connectivity index is 2.02. The van der Waals surface area contributed by atoms with Crippen molar-refractivity contribution in [3.63, 3.8) is 0 Å². The van der Waals surface area contributed by atoms with Gasteiger partial charge < -0.3 is 10.1 Å². The lowest BCUT2D eigenvalue weighted by Crippen LogP contribution is -2.39. The summed E-state index contributed by atoms with van der Waals surface area (Å²) in [6.07, 6.45) is 9.30. The normalized spacial score (nSPS) is 26.1. The fraction of sp³-hybridized carbons (Fsp3) is 0.812. The van der Waals surface area contributed by atoms with Crippen molar-refractivity contribution in [3.05, 3.63) is 11.1 Å². The monoisotopic (exact) mass is 264 g/mol. The molecule has 2 aliphatic rings. The minimum absolute atomic E-state index is 0.719. The SMILES string of the molecule is CCCN(CCC)[C@H]1CCC2=C(C/C(=N/O)CC2)C1. The Kier molecular flexibility index (Phi) is 5.44. The van der Waals surface area contributed by atoms with Crippen molar-refractivity contribution >= 4 is 5.71 Å². The van der Waals surface area contributed by atoms with E-state index < -0.39 is 0 Å². The van der Waals surface area contributed by atoms with Crippen molar-refractivity contribution in [3.8, 4) is 0 Å². The first-order chi connectivity index (χ1) is 9.28. The molecule has 1 atom stereocenters. The van der Waals surface area contributed by atoms with Gasteiger partial charge in [-0.15, -0.1) is 0 Å². The van der Waals surface area contributed by atoms with Crippen LogP contribution in [0.4, 0.5) is 0 Å². The summed E-state index contributed by atoms with van der Waals surface area (Å²) in [5.74, 6) is 0. The molecule has 19 heavy (non-hydrogen) atoms. The number of hydrogen-bond acceptors (Lipinski definition) is 3. The van der Waals surface area contributed by atoms with Crippen molar-refractivity contribution in [2.75, 3.05) is 13.1 Å². The molecule has 3 heteroatoms. The van der Waals surface area contributed by atoms with Gasteiger partial charge in [0.1, 0.15) is 0 Å². The Labute approximate surface area is 117 Å². The molecule has 0 bridgehead atoms. The van der Waals surface area contributed by atoms with Crippen LogP contribution in [0, 0.1) is 0 Å². The molecule has 0 aliphatic heterocycles. The summed E-state index contributed by atoms with van der Waals surface area (Å²) in [5, 5.41) is 12.4. The Hall–Kier alpha value is -0.830. The Bertz CT molecular complexity index is 354. The highest BCUT2D eigenvalue weighted by Gasteiger charge is 2.28. The first kappa shape index (κ1) is 14.6. The van der Waals surface area contributed by atoms with E-state index in [1.807, 2.05) is 0 Å². The maximum absolute atomic E-state index is 8.98. The molecule has 2 aliphatic carbocycles. The van der Waals surface area contributed by atoms with Crippen LogP contribution in [0.5, 0.6) is 0 Å². The summed E-state index contributed by atoms with van der Waals surface area (Å²) in [4.78, 5) is 2.67. The molecule has 0 radical (unpaired) electrons. The smallest absolute Gasteiger partial charge is 0.0614 e. The second kappa shape index (κ2) is 7.09. The van der Waals surface area contributed by atoms with Gasteiger partial charge in [0.15, 0.2) is 0 Å². The molecular weight excluding hydrogens is 236 g/mol. The average molecular weight is 264 g/mol. The number of nitrogens with zero attached hydrogens (tertiary/aromatic N) is 2. The molecule has 0 fully saturated rings. The summed E-state index contributed by atoms with van der Waals surface area (Å²) in [6.45, 7) is 6.99. The predicted octanol–water partition coefficient (Wildman–Crippen LogP) is 3.97. The van der Waals surface area contributed by atoms with Gasteiger partial charge in [-0.25, -0.2) is 0 Å². The Morgan fingerprint density at radius 2 is 1.84 bits per heavy atom. The van der Waals surface area contributed by atoms with Gasteiger partial charge in [-0.1, -0.05) is 30.1 Å². The van der Waals surface area contributed by atoms with E-state index in [2.05, 4.69) is 23.9 Å². The zero-order valence-electron chi connectivity index (χ0n) is 12.5. The molecule has 0 saturated carbocycles. The van der Waals surface area contributed by atoms with Gasteiger partial charge in [-0.05, 0) is 58.0 Å². The third kappa shape index (κ3) is 3.59. The highest BCUT2D eigenvalue weighted by atomic mass is 16.4. The van der Waals surface area contributed by atoms with E-state index in [9.17, 15) is 0 Å². The van der Waals surface area contributed by atoms with E-state index in [1.165, 1.54) is 45.2 Å². The average Bonchev–Trinajstić information content (AvgIpc) is 2.46. The van der Waals surface area contributed by atoms with E-state index in [1.54, 1.807) is 11.1 Å². The fourth-order valence-corrected chi connectivity index (χ4v) is 3.63. The lowest BCUT2D eigenvalue weighted by atomic mass is 9.79. The quantitative estimate of drug-likeness (QED) is 0.463. The lowest BCUT2D eigenvalue weighted by Gasteiger charge is -2.37. The third-order valence-electron chi connectivity index (χ3n) is 4.57. The molecule has 0 unspecified atom stereocenters. The van der Waals surface area contributed by atoms with Crippen LogP contribution in [0.1, 0.15) is 65.2 Å².